The summed E-state index contributed by atoms with van der Waals surface area (Å²) in [7, 11) is 0. The molecule has 0 saturated heterocycles. The maximum atomic E-state index is 9.89. The van der Waals surface area contributed by atoms with E-state index >= 15 is 0 Å². The molecular weight excluding hydrogens is 162 g/mol. The smallest absolute Gasteiger partial charge is 0.0771 e. The van der Waals surface area contributed by atoms with Gasteiger partial charge in [-0.15, -0.1) is 0 Å². The predicted molar refractivity (Wildman–Crippen MR) is 53.6 cm³/mol. The van der Waals surface area contributed by atoms with Gasteiger partial charge in [-0.1, -0.05) is 13.3 Å². The number of aliphatic hydroxyl groups is 1. The number of hydrogen-bond donors (Lipinski definition) is 2. The van der Waals surface area contributed by atoms with Crippen LogP contribution in [0, 0.1) is 5.92 Å². The summed E-state index contributed by atoms with van der Waals surface area (Å²) in [6.45, 7) is 3.14. The number of nitrogens with one attached hydrogen (secondary N) is 1. The molecule has 2 aliphatic carbocycles. The Balaban J connectivity index is 1.72. The lowest BCUT2D eigenvalue weighted by molar-refractivity contribution is -0.0338. The first-order valence-corrected chi connectivity index (χ1v) is 5.65. The van der Waals surface area contributed by atoms with Crippen LogP contribution in [0.2, 0.25) is 0 Å². The Labute approximate surface area is 80.7 Å². The van der Waals surface area contributed by atoms with Crippen LogP contribution in [0.3, 0.4) is 0 Å². The molecule has 2 aliphatic rings. The third-order valence-corrected chi connectivity index (χ3v) is 3.84. The van der Waals surface area contributed by atoms with Crippen LogP contribution in [-0.4, -0.2) is 23.3 Å². The predicted octanol–water partition coefficient (Wildman–Crippen LogP) is 1.68. The van der Waals surface area contributed by atoms with E-state index in [0.717, 1.165) is 25.3 Å². The van der Waals surface area contributed by atoms with Gasteiger partial charge in [-0.2, -0.15) is 0 Å². The van der Waals surface area contributed by atoms with Crippen LogP contribution < -0.4 is 5.32 Å². The molecule has 2 saturated carbocycles. The Hall–Kier alpha value is -0.0800. The van der Waals surface area contributed by atoms with Crippen LogP contribution in [0.4, 0.5) is 0 Å². The van der Waals surface area contributed by atoms with Crippen molar-refractivity contribution in [1.82, 2.24) is 5.32 Å². The minimum Gasteiger partial charge on any atom is -0.389 e. The summed E-state index contributed by atoms with van der Waals surface area (Å²) < 4.78 is 0. The second kappa shape index (κ2) is 3.58. The normalized spacial score (nSPS) is 37.4. The molecule has 0 heterocycles. The molecule has 0 radical (unpaired) electrons. The summed E-state index contributed by atoms with van der Waals surface area (Å²) in [5.74, 6) is 0.809. The van der Waals surface area contributed by atoms with Crippen LogP contribution in [0.15, 0.2) is 0 Å². The van der Waals surface area contributed by atoms with Gasteiger partial charge in [0.2, 0.25) is 0 Å². The minimum atomic E-state index is -0.345. The second-order valence-electron chi connectivity index (χ2n) is 4.97. The Morgan fingerprint density at radius 1 is 1.31 bits per heavy atom. The van der Waals surface area contributed by atoms with Crippen LogP contribution in [0.1, 0.15) is 45.4 Å². The molecule has 0 aromatic heterocycles. The van der Waals surface area contributed by atoms with Crippen molar-refractivity contribution in [3.05, 3.63) is 0 Å². The first-order valence-electron chi connectivity index (χ1n) is 5.65. The molecule has 76 valence electrons. The number of rotatable bonds is 3. The summed E-state index contributed by atoms with van der Waals surface area (Å²) in [4.78, 5) is 0. The molecule has 2 nitrogen and oxygen atoms in total. The highest BCUT2D eigenvalue weighted by molar-refractivity contribution is 4.92. The highest BCUT2D eigenvalue weighted by atomic mass is 16.3. The fourth-order valence-corrected chi connectivity index (χ4v) is 2.53. The van der Waals surface area contributed by atoms with E-state index < -0.39 is 0 Å². The summed E-state index contributed by atoms with van der Waals surface area (Å²) in [5.41, 5.74) is -0.345. The van der Waals surface area contributed by atoms with Gasteiger partial charge in [-0.25, -0.2) is 0 Å². The van der Waals surface area contributed by atoms with Gasteiger partial charge >= 0.3 is 0 Å². The van der Waals surface area contributed by atoms with Crippen LogP contribution in [0.5, 0.6) is 0 Å². The van der Waals surface area contributed by atoms with E-state index in [0.29, 0.717) is 6.04 Å². The van der Waals surface area contributed by atoms with E-state index in [1.54, 1.807) is 0 Å². The van der Waals surface area contributed by atoms with Gasteiger partial charge in [-0.05, 0) is 38.0 Å². The topological polar surface area (TPSA) is 32.3 Å². The van der Waals surface area contributed by atoms with Crippen LogP contribution >= 0.6 is 0 Å². The Morgan fingerprint density at radius 3 is 2.54 bits per heavy atom. The molecule has 0 aromatic carbocycles. The van der Waals surface area contributed by atoms with Gasteiger partial charge in [-0.3, -0.25) is 0 Å². The van der Waals surface area contributed by atoms with Gasteiger partial charge in [0.25, 0.3) is 0 Å². The third kappa shape index (κ3) is 2.05. The quantitative estimate of drug-likeness (QED) is 0.697. The van der Waals surface area contributed by atoms with Crippen molar-refractivity contribution in [3.8, 4) is 0 Å². The van der Waals surface area contributed by atoms with Crippen molar-refractivity contribution in [1.29, 1.82) is 0 Å². The van der Waals surface area contributed by atoms with E-state index in [1.165, 1.54) is 25.7 Å². The fourth-order valence-electron chi connectivity index (χ4n) is 2.53. The van der Waals surface area contributed by atoms with Crippen molar-refractivity contribution >= 4 is 0 Å². The molecule has 0 aliphatic heterocycles. The zero-order valence-electron chi connectivity index (χ0n) is 8.55. The molecule has 2 fully saturated rings. The van der Waals surface area contributed by atoms with Gasteiger partial charge < -0.3 is 10.4 Å². The van der Waals surface area contributed by atoms with Crippen molar-refractivity contribution in [3.63, 3.8) is 0 Å². The highest BCUT2D eigenvalue weighted by Gasteiger charge is 2.35. The lowest BCUT2D eigenvalue weighted by Gasteiger charge is -2.38. The molecule has 2 unspecified atom stereocenters. The van der Waals surface area contributed by atoms with Crippen molar-refractivity contribution in [2.24, 2.45) is 5.92 Å². The Bertz CT molecular complexity index is 177. The van der Waals surface area contributed by atoms with E-state index in [9.17, 15) is 5.11 Å². The molecule has 0 aromatic rings. The van der Waals surface area contributed by atoms with Crippen molar-refractivity contribution in [2.75, 3.05) is 6.54 Å². The molecule has 0 bridgehead atoms. The van der Waals surface area contributed by atoms with Crippen LogP contribution in [0.25, 0.3) is 0 Å². The molecule has 13 heavy (non-hydrogen) atoms. The van der Waals surface area contributed by atoms with E-state index in [4.69, 9.17) is 0 Å². The zero-order chi connectivity index (χ0) is 9.31. The maximum absolute atomic E-state index is 9.89. The van der Waals surface area contributed by atoms with Gasteiger partial charge in [0.05, 0.1) is 5.60 Å². The lowest BCUT2D eigenvalue weighted by Crippen LogP contribution is -2.49. The molecule has 0 amide bonds. The first-order chi connectivity index (χ1) is 6.20. The summed E-state index contributed by atoms with van der Waals surface area (Å²) in [6.07, 6.45) is 7.23. The molecular formula is C11H21NO. The average Bonchev–Trinajstić information content (AvgIpc) is 2.44. The lowest BCUT2D eigenvalue weighted by atomic mass is 9.80. The Morgan fingerprint density at radius 2 is 2.08 bits per heavy atom. The Kier molecular flexibility index (Phi) is 2.61. The van der Waals surface area contributed by atoms with Crippen molar-refractivity contribution < 1.29 is 5.11 Å². The standard InChI is InChI=1S/C11H21NO/c1-9-4-2-5-10(9)12-8-11(13)6-3-7-11/h9-10,12-13H,2-8H2,1H3. The van der Waals surface area contributed by atoms with Gasteiger partial charge in [0, 0.05) is 12.6 Å². The molecule has 2 heteroatoms. The number of hydrogen-bond acceptors (Lipinski definition) is 2. The fraction of sp³-hybridized carbons (Fsp3) is 1.00. The van der Waals surface area contributed by atoms with E-state index in [1.807, 2.05) is 0 Å². The SMILES string of the molecule is CC1CCCC1NCC1(O)CCC1. The monoisotopic (exact) mass is 183 g/mol. The molecule has 2 atom stereocenters. The van der Waals surface area contributed by atoms with E-state index in [2.05, 4.69) is 12.2 Å². The summed E-state index contributed by atoms with van der Waals surface area (Å²) >= 11 is 0. The third-order valence-electron chi connectivity index (χ3n) is 3.84. The zero-order valence-corrected chi connectivity index (χ0v) is 8.55. The minimum absolute atomic E-state index is 0.345. The second-order valence-corrected chi connectivity index (χ2v) is 4.97. The van der Waals surface area contributed by atoms with Gasteiger partial charge in [0.15, 0.2) is 0 Å². The molecule has 2 rings (SSSR count). The summed E-state index contributed by atoms with van der Waals surface area (Å²) in [6, 6.07) is 0.671. The molecule has 2 N–H and O–H groups in total. The average molecular weight is 183 g/mol. The van der Waals surface area contributed by atoms with E-state index in [-0.39, 0.29) is 5.60 Å². The largest absolute Gasteiger partial charge is 0.389 e. The summed E-state index contributed by atoms with van der Waals surface area (Å²) in [5, 5.41) is 13.4. The van der Waals surface area contributed by atoms with Gasteiger partial charge in [0.1, 0.15) is 0 Å². The molecule has 0 spiro atoms. The highest BCUT2D eigenvalue weighted by Crippen LogP contribution is 2.32. The first kappa shape index (κ1) is 9.47. The van der Waals surface area contributed by atoms with Crippen molar-refractivity contribution in [2.45, 2.75) is 57.1 Å². The van der Waals surface area contributed by atoms with Crippen LogP contribution in [-0.2, 0) is 0 Å². The maximum Gasteiger partial charge on any atom is 0.0771 e.